The zero-order valence-corrected chi connectivity index (χ0v) is 9.26. The highest BCUT2D eigenvalue weighted by molar-refractivity contribution is 4.83. The molecule has 0 amide bonds. The lowest BCUT2D eigenvalue weighted by Crippen LogP contribution is -1.95. The maximum absolute atomic E-state index is 5.37. The van der Waals surface area contributed by atoms with Crippen LogP contribution in [0.15, 0.2) is 12.2 Å². The molecule has 1 heteroatoms. The van der Waals surface area contributed by atoms with Gasteiger partial charge in [-0.25, -0.2) is 0 Å². The minimum absolute atomic E-state index is 0.683. The van der Waals surface area contributed by atoms with E-state index in [0.29, 0.717) is 6.54 Å². The number of nitrogens with two attached hydrogens (primary N) is 1. The highest BCUT2D eigenvalue weighted by Gasteiger charge is 1.98. The molecule has 1 nitrogen and oxygen atoms in total. The average Bonchev–Trinajstić information content (AvgIpc) is 2.13. The van der Waals surface area contributed by atoms with Crippen molar-refractivity contribution in [3.8, 4) is 0 Å². The summed E-state index contributed by atoms with van der Waals surface area (Å²) in [5.41, 5.74) is 5.37. The molecule has 0 spiro atoms. The van der Waals surface area contributed by atoms with Gasteiger partial charge < -0.3 is 5.73 Å². The minimum Gasteiger partial charge on any atom is -0.327 e. The normalized spacial score (nSPS) is 13.8. The summed E-state index contributed by atoms with van der Waals surface area (Å²) in [4.78, 5) is 0. The lowest BCUT2D eigenvalue weighted by Gasteiger charge is -2.07. The fourth-order valence-corrected chi connectivity index (χ4v) is 1.46. The molecule has 0 aliphatic carbocycles. The molecule has 0 heterocycles. The van der Waals surface area contributed by atoms with Crippen molar-refractivity contribution < 1.29 is 0 Å². The summed E-state index contributed by atoms with van der Waals surface area (Å²) in [6.07, 6.45) is 12.4. The van der Waals surface area contributed by atoms with Crippen molar-refractivity contribution in [2.24, 2.45) is 11.7 Å². The van der Waals surface area contributed by atoms with E-state index in [4.69, 9.17) is 5.73 Å². The third kappa shape index (κ3) is 9.62. The molecule has 0 aromatic carbocycles. The van der Waals surface area contributed by atoms with Gasteiger partial charge in [-0.15, -0.1) is 0 Å². The lowest BCUT2D eigenvalue weighted by atomic mass is 9.99. The molecule has 1 atom stereocenters. The minimum atomic E-state index is 0.683. The molecule has 0 aliphatic rings. The molecular formula is C12H25N. The Balaban J connectivity index is 3.19. The van der Waals surface area contributed by atoms with Crippen molar-refractivity contribution in [2.75, 3.05) is 6.54 Å². The molecule has 0 saturated heterocycles. The summed E-state index contributed by atoms with van der Waals surface area (Å²) < 4.78 is 0. The number of allylic oxidation sites excluding steroid dienone is 1. The van der Waals surface area contributed by atoms with Crippen LogP contribution in [0.25, 0.3) is 0 Å². The summed E-state index contributed by atoms with van der Waals surface area (Å²) in [5.74, 6) is 0.833. The van der Waals surface area contributed by atoms with Gasteiger partial charge in [0.05, 0.1) is 0 Å². The molecule has 0 fully saturated rings. The van der Waals surface area contributed by atoms with Crippen LogP contribution in [-0.2, 0) is 0 Å². The first-order valence-electron chi connectivity index (χ1n) is 5.66. The third-order valence-corrected chi connectivity index (χ3v) is 2.39. The Kier molecular flexibility index (Phi) is 9.56. The number of hydrogen-bond acceptors (Lipinski definition) is 1. The van der Waals surface area contributed by atoms with Gasteiger partial charge in [0.2, 0.25) is 0 Å². The number of unbranched alkanes of at least 4 members (excludes halogenated alkanes) is 3. The summed E-state index contributed by atoms with van der Waals surface area (Å²) >= 11 is 0. The van der Waals surface area contributed by atoms with E-state index in [1.807, 2.05) is 0 Å². The van der Waals surface area contributed by atoms with Gasteiger partial charge in [0.15, 0.2) is 0 Å². The Morgan fingerprint density at radius 2 is 1.92 bits per heavy atom. The summed E-state index contributed by atoms with van der Waals surface area (Å²) in [5, 5.41) is 0. The highest BCUT2D eigenvalue weighted by atomic mass is 14.5. The molecule has 0 aliphatic heterocycles. The van der Waals surface area contributed by atoms with Gasteiger partial charge in [0, 0.05) is 6.54 Å². The Hall–Kier alpha value is -0.300. The second-order valence-corrected chi connectivity index (χ2v) is 3.90. The van der Waals surface area contributed by atoms with Crippen molar-refractivity contribution in [1.29, 1.82) is 0 Å². The molecule has 0 rings (SSSR count). The molecule has 13 heavy (non-hydrogen) atoms. The molecule has 0 aromatic rings. The SMILES string of the molecule is CCCCCCC(C)C/C=C/CN. The fraction of sp³-hybridized carbons (Fsp3) is 0.833. The average molecular weight is 183 g/mol. The molecule has 2 N–H and O–H groups in total. The van der Waals surface area contributed by atoms with Gasteiger partial charge in [0.1, 0.15) is 0 Å². The maximum atomic E-state index is 5.37. The van der Waals surface area contributed by atoms with Crippen molar-refractivity contribution in [3.63, 3.8) is 0 Å². The van der Waals surface area contributed by atoms with E-state index in [1.165, 1.54) is 38.5 Å². The first-order chi connectivity index (χ1) is 6.31. The zero-order chi connectivity index (χ0) is 9.94. The van der Waals surface area contributed by atoms with E-state index >= 15 is 0 Å². The predicted octanol–water partition coefficient (Wildman–Crippen LogP) is 3.50. The van der Waals surface area contributed by atoms with Gasteiger partial charge in [0.25, 0.3) is 0 Å². The Morgan fingerprint density at radius 3 is 2.54 bits per heavy atom. The largest absolute Gasteiger partial charge is 0.327 e. The fourth-order valence-electron chi connectivity index (χ4n) is 1.46. The second-order valence-electron chi connectivity index (χ2n) is 3.90. The van der Waals surface area contributed by atoms with Crippen LogP contribution in [0.1, 0.15) is 52.4 Å². The van der Waals surface area contributed by atoms with E-state index in [-0.39, 0.29) is 0 Å². The predicted molar refractivity (Wildman–Crippen MR) is 60.7 cm³/mol. The summed E-state index contributed by atoms with van der Waals surface area (Å²) in [6, 6.07) is 0. The van der Waals surface area contributed by atoms with Gasteiger partial charge in [-0.05, 0) is 12.3 Å². The quantitative estimate of drug-likeness (QED) is 0.452. The lowest BCUT2D eigenvalue weighted by molar-refractivity contribution is 0.494. The van der Waals surface area contributed by atoms with Gasteiger partial charge >= 0.3 is 0 Å². The smallest absolute Gasteiger partial charge is 0.0106 e. The zero-order valence-electron chi connectivity index (χ0n) is 9.26. The van der Waals surface area contributed by atoms with Gasteiger partial charge in [-0.3, -0.25) is 0 Å². The molecule has 1 unspecified atom stereocenters. The standard InChI is InChI=1S/C12H25N/c1-3-4-5-6-9-12(2)10-7-8-11-13/h7-8,12H,3-6,9-11,13H2,1-2H3/b8-7+. The topological polar surface area (TPSA) is 26.0 Å². The molecule has 0 saturated carbocycles. The molecule has 0 aromatic heterocycles. The van der Waals surface area contributed by atoms with Crippen molar-refractivity contribution in [1.82, 2.24) is 0 Å². The van der Waals surface area contributed by atoms with Crippen LogP contribution in [0.2, 0.25) is 0 Å². The number of hydrogen-bond donors (Lipinski definition) is 1. The van der Waals surface area contributed by atoms with Crippen molar-refractivity contribution in [3.05, 3.63) is 12.2 Å². The van der Waals surface area contributed by atoms with Crippen LogP contribution in [-0.4, -0.2) is 6.54 Å². The van der Waals surface area contributed by atoms with Crippen LogP contribution in [0, 0.1) is 5.92 Å². The second kappa shape index (κ2) is 9.79. The monoisotopic (exact) mass is 183 g/mol. The first-order valence-corrected chi connectivity index (χ1v) is 5.66. The van der Waals surface area contributed by atoms with Gasteiger partial charge in [-0.2, -0.15) is 0 Å². The summed E-state index contributed by atoms with van der Waals surface area (Å²) in [6.45, 7) is 5.27. The third-order valence-electron chi connectivity index (χ3n) is 2.39. The van der Waals surface area contributed by atoms with Crippen LogP contribution >= 0.6 is 0 Å². The summed E-state index contributed by atoms with van der Waals surface area (Å²) in [7, 11) is 0. The van der Waals surface area contributed by atoms with E-state index < -0.39 is 0 Å². The van der Waals surface area contributed by atoms with Crippen LogP contribution in [0.3, 0.4) is 0 Å². The van der Waals surface area contributed by atoms with Gasteiger partial charge in [-0.1, -0.05) is 58.1 Å². The molecule has 0 bridgehead atoms. The van der Waals surface area contributed by atoms with E-state index in [9.17, 15) is 0 Å². The van der Waals surface area contributed by atoms with E-state index in [2.05, 4.69) is 26.0 Å². The molecule has 0 radical (unpaired) electrons. The Labute approximate surface area is 83.4 Å². The van der Waals surface area contributed by atoms with Crippen molar-refractivity contribution >= 4 is 0 Å². The van der Waals surface area contributed by atoms with E-state index in [1.54, 1.807) is 0 Å². The molecular weight excluding hydrogens is 158 g/mol. The van der Waals surface area contributed by atoms with E-state index in [0.717, 1.165) is 5.92 Å². The first kappa shape index (κ1) is 12.7. The van der Waals surface area contributed by atoms with Crippen LogP contribution < -0.4 is 5.73 Å². The van der Waals surface area contributed by atoms with Crippen LogP contribution in [0.5, 0.6) is 0 Å². The van der Waals surface area contributed by atoms with Crippen LogP contribution in [0.4, 0.5) is 0 Å². The van der Waals surface area contributed by atoms with Crippen molar-refractivity contribution in [2.45, 2.75) is 52.4 Å². The number of rotatable bonds is 8. The highest BCUT2D eigenvalue weighted by Crippen LogP contribution is 2.13. The maximum Gasteiger partial charge on any atom is 0.0106 e. The molecule has 78 valence electrons. The Morgan fingerprint density at radius 1 is 1.15 bits per heavy atom. The Bertz CT molecular complexity index is 118.